The SMILES string of the molecule is O=C(NC(CBr)Cc1ccccc1)c1ccc(Cl)c(Cl)c1. The van der Waals surface area contributed by atoms with Gasteiger partial charge in [-0.15, -0.1) is 0 Å². The van der Waals surface area contributed by atoms with Crippen LogP contribution in [0.25, 0.3) is 0 Å². The van der Waals surface area contributed by atoms with Crippen molar-refractivity contribution >= 4 is 45.0 Å². The van der Waals surface area contributed by atoms with Crippen molar-refractivity contribution in [3.63, 3.8) is 0 Å². The van der Waals surface area contributed by atoms with Crippen molar-refractivity contribution in [2.24, 2.45) is 0 Å². The second kappa shape index (κ2) is 7.83. The van der Waals surface area contributed by atoms with Crippen molar-refractivity contribution in [3.05, 3.63) is 69.7 Å². The van der Waals surface area contributed by atoms with Crippen LogP contribution in [0.1, 0.15) is 15.9 Å². The van der Waals surface area contributed by atoms with Crippen molar-refractivity contribution in [2.45, 2.75) is 12.5 Å². The van der Waals surface area contributed by atoms with E-state index in [0.29, 0.717) is 20.9 Å². The molecule has 0 heterocycles. The third kappa shape index (κ3) is 4.73. The topological polar surface area (TPSA) is 29.1 Å². The van der Waals surface area contributed by atoms with Gasteiger partial charge in [0.25, 0.3) is 5.91 Å². The van der Waals surface area contributed by atoms with Crippen LogP contribution < -0.4 is 5.32 Å². The summed E-state index contributed by atoms with van der Waals surface area (Å²) >= 11 is 15.2. The molecule has 2 aromatic carbocycles. The summed E-state index contributed by atoms with van der Waals surface area (Å²) in [5, 5.41) is 4.48. The Labute approximate surface area is 142 Å². The number of amides is 1. The molecular weight excluding hydrogens is 373 g/mol. The molecule has 2 aromatic rings. The van der Waals surface area contributed by atoms with E-state index in [2.05, 4.69) is 21.2 Å². The van der Waals surface area contributed by atoms with E-state index in [-0.39, 0.29) is 11.9 Å². The number of rotatable bonds is 5. The van der Waals surface area contributed by atoms with Crippen molar-refractivity contribution < 1.29 is 4.79 Å². The molecule has 0 saturated carbocycles. The van der Waals surface area contributed by atoms with E-state index in [1.165, 1.54) is 5.56 Å². The fraction of sp³-hybridized carbons (Fsp3) is 0.188. The highest BCUT2D eigenvalue weighted by Gasteiger charge is 2.14. The van der Waals surface area contributed by atoms with Gasteiger partial charge in [0.1, 0.15) is 0 Å². The maximum absolute atomic E-state index is 12.2. The molecule has 1 amide bonds. The Morgan fingerprint density at radius 1 is 1.10 bits per heavy atom. The zero-order valence-electron chi connectivity index (χ0n) is 11.2. The summed E-state index contributed by atoms with van der Waals surface area (Å²) in [5.41, 5.74) is 1.68. The van der Waals surface area contributed by atoms with E-state index in [1.807, 2.05) is 30.3 Å². The molecule has 0 spiro atoms. The summed E-state index contributed by atoms with van der Waals surface area (Å²) in [6.45, 7) is 0. The Morgan fingerprint density at radius 2 is 1.81 bits per heavy atom. The summed E-state index contributed by atoms with van der Waals surface area (Å²) in [5.74, 6) is -0.158. The van der Waals surface area contributed by atoms with E-state index in [0.717, 1.165) is 6.42 Å². The number of hydrogen-bond acceptors (Lipinski definition) is 1. The maximum Gasteiger partial charge on any atom is 0.251 e. The third-order valence-corrected chi connectivity index (χ3v) is 4.55. The molecular formula is C16H14BrCl2NO. The lowest BCUT2D eigenvalue weighted by Crippen LogP contribution is -2.37. The van der Waals surface area contributed by atoms with Gasteiger partial charge in [-0.25, -0.2) is 0 Å². The van der Waals surface area contributed by atoms with Crippen LogP contribution in [0.4, 0.5) is 0 Å². The maximum atomic E-state index is 12.2. The Kier molecular flexibility index (Phi) is 6.09. The van der Waals surface area contributed by atoms with Gasteiger partial charge in [-0.3, -0.25) is 4.79 Å². The minimum absolute atomic E-state index is 0.00866. The molecule has 1 atom stereocenters. The minimum Gasteiger partial charge on any atom is -0.348 e. The second-order valence-electron chi connectivity index (χ2n) is 4.64. The number of nitrogens with one attached hydrogen (secondary N) is 1. The number of hydrogen-bond donors (Lipinski definition) is 1. The molecule has 21 heavy (non-hydrogen) atoms. The van der Waals surface area contributed by atoms with Crippen LogP contribution in [0, 0.1) is 0 Å². The molecule has 1 N–H and O–H groups in total. The van der Waals surface area contributed by atoms with E-state index in [4.69, 9.17) is 23.2 Å². The minimum atomic E-state index is -0.158. The highest BCUT2D eigenvalue weighted by molar-refractivity contribution is 9.09. The van der Waals surface area contributed by atoms with Gasteiger partial charge in [0.05, 0.1) is 10.0 Å². The van der Waals surface area contributed by atoms with Gasteiger partial charge in [0.15, 0.2) is 0 Å². The van der Waals surface area contributed by atoms with Crippen LogP contribution in [-0.2, 0) is 6.42 Å². The van der Waals surface area contributed by atoms with Gasteiger partial charge >= 0.3 is 0 Å². The Morgan fingerprint density at radius 3 is 2.43 bits per heavy atom. The van der Waals surface area contributed by atoms with Crippen LogP contribution >= 0.6 is 39.1 Å². The first-order valence-electron chi connectivity index (χ1n) is 6.46. The van der Waals surface area contributed by atoms with Crippen LogP contribution in [0.15, 0.2) is 48.5 Å². The molecule has 1 unspecified atom stereocenters. The quantitative estimate of drug-likeness (QED) is 0.739. The normalized spacial score (nSPS) is 12.0. The summed E-state index contributed by atoms with van der Waals surface area (Å²) in [7, 11) is 0. The van der Waals surface area contributed by atoms with Gasteiger partial charge in [0.2, 0.25) is 0 Å². The number of halogens is 3. The van der Waals surface area contributed by atoms with E-state index >= 15 is 0 Å². The summed E-state index contributed by atoms with van der Waals surface area (Å²) in [6.07, 6.45) is 0.763. The van der Waals surface area contributed by atoms with Crippen molar-refractivity contribution in [2.75, 3.05) is 5.33 Å². The van der Waals surface area contributed by atoms with Crippen LogP contribution in [0.5, 0.6) is 0 Å². The number of carbonyl (C=O) groups excluding carboxylic acids is 1. The number of carbonyl (C=O) groups is 1. The molecule has 0 bridgehead atoms. The predicted molar refractivity (Wildman–Crippen MR) is 91.7 cm³/mol. The zero-order valence-corrected chi connectivity index (χ0v) is 14.3. The molecule has 0 aromatic heterocycles. The first-order valence-corrected chi connectivity index (χ1v) is 8.33. The van der Waals surface area contributed by atoms with Crippen molar-refractivity contribution in [1.29, 1.82) is 0 Å². The Balaban J connectivity index is 2.04. The van der Waals surface area contributed by atoms with Gasteiger partial charge in [-0.05, 0) is 30.2 Å². The zero-order chi connectivity index (χ0) is 15.2. The summed E-state index contributed by atoms with van der Waals surface area (Å²) < 4.78 is 0. The summed E-state index contributed by atoms with van der Waals surface area (Å²) in [6, 6.07) is 14.9. The molecule has 5 heteroatoms. The molecule has 0 aliphatic heterocycles. The second-order valence-corrected chi connectivity index (χ2v) is 6.11. The Bertz CT molecular complexity index is 619. The largest absolute Gasteiger partial charge is 0.348 e. The third-order valence-electron chi connectivity index (χ3n) is 3.03. The van der Waals surface area contributed by atoms with Gasteiger partial charge in [0, 0.05) is 16.9 Å². The lowest BCUT2D eigenvalue weighted by Gasteiger charge is -2.16. The van der Waals surface area contributed by atoms with Crippen LogP contribution in [0.3, 0.4) is 0 Å². The summed E-state index contributed by atoms with van der Waals surface area (Å²) in [4.78, 5) is 12.2. The standard InChI is InChI=1S/C16H14BrCl2NO/c17-10-13(8-11-4-2-1-3-5-11)20-16(21)12-6-7-14(18)15(19)9-12/h1-7,9,13H,8,10H2,(H,20,21). The molecule has 2 rings (SSSR count). The smallest absolute Gasteiger partial charge is 0.251 e. The average Bonchev–Trinajstić information content (AvgIpc) is 2.50. The lowest BCUT2D eigenvalue weighted by molar-refractivity contribution is 0.0941. The average molecular weight is 387 g/mol. The molecule has 0 fully saturated rings. The molecule has 0 aliphatic carbocycles. The van der Waals surface area contributed by atoms with Crippen LogP contribution in [-0.4, -0.2) is 17.3 Å². The van der Waals surface area contributed by atoms with Crippen LogP contribution in [0.2, 0.25) is 10.0 Å². The van der Waals surface area contributed by atoms with Gasteiger partial charge in [-0.2, -0.15) is 0 Å². The first kappa shape index (κ1) is 16.3. The monoisotopic (exact) mass is 385 g/mol. The fourth-order valence-corrected chi connectivity index (χ4v) is 2.64. The van der Waals surface area contributed by atoms with Gasteiger partial charge < -0.3 is 5.32 Å². The highest BCUT2D eigenvalue weighted by atomic mass is 79.9. The molecule has 0 aliphatic rings. The van der Waals surface area contributed by atoms with Crippen molar-refractivity contribution in [1.82, 2.24) is 5.32 Å². The molecule has 110 valence electrons. The highest BCUT2D eigenvalue weighted by Crippen LogP contribution is 2.22. The predicted octanol–water partition coefficient (Wildman–Crippen LogP) is 4.73. The molecule has 2 nitrogen and oxygen atoms in total. The molecule has 0 radical (unpaired) electrons. The molecule has 0 saturated heterocycles. The Hall–Kier alpha value is -1.03. The van der Waals surface area contributed by atoms with E-state index < -0.39 is 0 Å². The fourth-order valence-electron chi connectivity index (χ4n) is 1.95. The van der Waals surface area contributed by atoms with Crippen molar-refractivity contribution in [3.8, 4) is 0 Å². The number of benzene rings is 2. The number of alkyl halides is 1. The van der Waals surface area contributed by atoms with E-state index in [9.17, 15) is 4.79 Å². The first-order chi connectivity index (χ1) is 10.1. The lowest BCUT2D eigenvalue weighted by atomic mass is 10.1. The van der Waals surface area contributed by atoms with Gasteiger partial charge in [-0.1, -0.05) is 69.5 Å². The van der Waals surface area contributed by atoms with E-state index in [1.54, 1.807) is 18.2 Å².